The van der Waals surface area contributed by atoms with Gasteiger partial charge >= 0.3 is 0 Å². The van der Waals surface area contributed by atoms with Crippen molar-refractivity contribution in [3.05, 3.63) is 0 Å². The highest BCUT2D eigenvalue weighted by atomic mass is 32.1. The van der Waals surface area contributed by atoms with Crippen molar-refractivity contribution in [1.29, 1.82) is 0 Å². The lowest BCUT2D eigenvalue weighted by atomic mass is 10.9. The van der Waals surface area contributed by atoms with Crippen LogP contribution in [0.4, 0.5) is 0 Å². The second-order valence-electron chi connectivity index (χ2n) is 0.599. The summed E-state index contributed by atoms with van der Waals surface area (Å²) in [5.74, 6) is 0. The molecule has 1 atom stereocenters. The Balaban J connectivity index is 2.32. The molecule has 0 aromatic carbocycles. The van der Waals surface area contributed by atoms with Gasteiger partial charge in [0.2, 0.25) is 0 Å². The van der Waals surface area contributed by atoms with E-state index in [0.717, 1.165) is 0 Å². The molecule has 1 nitrogen and oxygen atoms in total. The van der Waals surface area contributed by atoms with Gasteiger partial charge in [-0.3, -0.25) is 0 Å². The predicted molar refractivity (Wildman–Crippen MR) is 19.1 cm³/mol. The Kier molecular flexibility index (Phi) is 1.74. The monoisotopic (exact) mass is 77.0 g/mol. The van der Waals surface area contributed by atoms with E-state index in [2.05, 4.69) is 12.6 Å². The third-order valence-electron chi connectivity index (χ3n) is 0. The lowest BCUT2D eigenvalue weighted by molar-refractivity contribution is 0.183. The van der Waals surface area contributed by atoms with E-state index >= 15 is 0 Å². The van der Waals surface area contributed by atoms with E-state index in [9.17, 15) is 5.11 Å². The molecule has 0 aliphatic heterocycles. The van der Waals surface area contributed by atoms with Crippen LogP contribution in [-0.4, -0.2) is 5.44 Å². The van der Waals surface area contributed by atoms with Crippen LogP contribution in [0.25, 0.3) is 0 Å². The van der Waals surface area contributed by atoms with E-state index in [0.29, 0.717) is 0 Å². The van der Waals surface area contributed by atoms with Crippen molar-refractivity contribution >= 4 is 12.6 Å². The van der Waals surface area contributed by atoms with Crippen LogP contribution in [0.1, 0.15) is 6.92 Å². The van der Waals surface area contributed by atoms with Gasteiger partial charge in [-0.15, -0.1) is 12.6 Å². The minimum Gasteiger partial charge on any atom is -0.222 e. The Morgan fingerprint density at radius 1 is 2.00 bits per heavy atom. The average Bonchev–Trinajstić information content (AvgIpc) is 0.811. The fourth-order valence-electron chi connectivity index (χ4n) is 0. The van der Waals surface area contributed by atoms with Crippen LogP contribution in [0.3, 0.4) is 0 Å². The summed E-state index contributed by atoms with van der Waals surface area (Å²) in [5.41, 5.74) is -0.722. The maximum Gasteiger partial charge on any atom is 0.133 e. The van der Waals surface area contributed by atoms with E-state index in [-0.39, 0.29) is 0 Å². The SMILES string of the molecule is CC([O])S. The number of rotatable bonds is 0. The number of hydrogen-bond donors (Lipinski definition) is 1. The van der Waals surface area contributed by atoms with Crippen LogP contribution in [-0.2, 0) is 5.11 Å². The van der Waals surface area contributed by atoms with Crippen LogP contribution in [0.5, 0.6) is 0 Å². The van der Waals surface area contributed by atoms with Crippen molar-refractivity contribution in [1.82, 2.24) is 0 Å². The van der Waals surface area contributed by atoms with Crippen LogP contribution in [0, 0.1) is 0 Å². The maximum atomic E-state index is 9.39. The highest BCUT2D eigenvalue weighted by Gasteiger charge is 1.74. The summed E-state index contributed by atoms with van der Waals surface area (Å²) in [5, 5.41) is 9.39. The second-order valence-corrected chi connectivity index (χ2v) is 1.33. The molecule has 0 bridgehead atoms. The molecule has 0 amide bonds. The van der Waals surface area contributed by atoms with Gasteiger partial charge in [0, 0.05) is 0 Å². The molecule has 0 spiro atoms. The standard InChI is InChI=1S/C2H5OS/c1-2(3)4/h2,4H,1H3. The fraction of sp³-hybridized carbons (Fsp3) is 1.00. The van der Waals surface area contributed by atoms with Gasteiger partial charge in [-0.25, -0.2) is 5.11 Å². The van der Waals surface area contributed by atoms with Gasteiger partial charge in [0.15, 0.2) is 0 Å². The number of thiol groups is 1. The third kappa shape index (κ3) is 41.3. The zero-order valence-corrected chi connectivity index (χ0v) is 3.33. The fourth-order valence-corrected chi connectivity index (χ4v) is 0. The number of hydrogen-bond acceptors (Lipinski definition) is 1. The molecule has 0 rings (SSSR count). The summed E-state index contributed by atoms with van der Waals surface area (Å²) in [4.78, 5) is 0. The van der Waals surface area contributed by atoms with E-state index < -0.39 is 5.44 Å². The summed E-state index contributed by atoms with van der Waals surface area (Å²) in [6.45, 7) is 1.48. The van der Waals surface area contributed by atoms with Gasteiger partial charge in [0.05, 0.1) is 0 Å². The predicted octanol–water partition coefficient (Wildman–Crippen LogP) is 0.693. The average molecular weight is 77.1 g/mol. The lowest BCUT2D eigenvalue weighted by Gasteiger charge is -1.74. The van der Waals surface area contributed by atoms with Gasteiger partial charge in [0.25, 0.3) is 0 Å². The molecule has 1 radical (unpaired) electrons. The molecule has 0 saturated carbocycles. The molecule has 0 N–H and O–H groups in total. The molecular weight excluding hydrogens is 72.1 g/mol. The molecule has 0 aliphatic carbocycles. The summed E-state index contributed by atoms with van der Waals surface area (Å²) < 4.78 is 0. The summed E-state index contributed by atoms with van der Waals surface area (Å²) in [6.07, 6.45) is 0. The van der Waals surface area contributed by atoms with Crippen molar-refractivity contribution in [2.75, 3.05) is 0 Å². The van der Waals surface area contributed by atoms with Crippen LogP contribution in [0.15, 0.2) is 0 Å². The Labute approximate surface area is 31.1 Å². The highest BCUT2D eigenvalue weighted by Crippen LogP contribution is 1.80. The molecule has 1 unspecified atom stereocenters. The summed E-state index contributed by atoms with van der Waals surface area (Å²) in [7, 11) is 0. The Morgan fingerprint density at radius 2 is 2.00 bits per heavy atom. The quantitative estimate of drug-likeness (QED) is 0.324. The first-order valence-corrected chi connectivity index (χ1v) is 1.59. The van der Waals surface area contributed by atoms with E-state index in [1.165, 1.54) is 6.92 Å². The van der Waals surface area contributed by atoms with Crippen molar-refractivity contribution < 1.29 is 5.11 Å². The minimum absolute atomic E-state index is 0.722. The minimum atomic E-state index is -0.722. The smallest absolute Gasteiger partial charge is 0.133 e. The zero-order chi connectivity index (χ0) is 3.58. The van der Waals surface area contributed by atoms with Gasteiger partial charge in [0.1, 0.15) is 5.44 Å². The first-order valence-electron chi connectivity index (χ1n) is 1.07. The van der Waals surface area contributed by atoms with Crippen LogP contribution in [0.2, 0.25) is 0 Å². The Morgan fingerprint density at radius 3 is 2.00 bits per heavy atom. The Hall–Kier alpha value is 0.310. The van der Waals surface area contributed by atoms with Crippen molar-refractivity contribution in [2.45, 2.75) is 12.4 Å². The Bertz CT molecular complexity index is 10.8. The topological polar surface area (TPSA) is 19.9 Å². The zero-order valence-electron chi connectivity index (χ0n) is 2.43. The van der Waals surface area contributed by atoms with Gasteiger partial charge in [-0.1, -0.05) is 0 Å². The molecule has 25 valence electrons. The normalized spacial score (nSPS) is 15.8. The van der Waals surface area contributed by atoms with Gasteiger partial charge in [-0.2, -0.15) is 0 Å². The first kappa shape index (κ1) is 4.31. The van der Waals surface area contributed by atoms with Crippen LogP contribution >= 0.6 is 12.6 Å². The third-order valence-corrected chi connectivity index (χ3v) is 0. The summed E-state index contributed by atoms with van der Waals surface area (Å²) in [6, 6.07) is 0. The van der Waals surface area contributed by atoms with Crippen molar-refractivity contribution in [2.24, 2.45) is 0 Å². The molecule has 0 aliphatic rings. The molecule has 2 heteroatoms. The van der Waals surface area contributed by atoms with E-state index in [1.54, 1.807) is 0 Å². The molecule has 4 heavy (non-hydrogen) atoms. The molecule has 0 heterocycles. The first-order chi connectivity index (χ1) is 1.73. The highest BCUT2D eigenvalue weighted by molar-refractivity contribution is 7.80. The molecule has 0 fully saturated rings. The van der Waals surface area contributed by atoms with Gasteiger partial charge < -0.3 is 0 Å². The van der Waals surface area contributed by atoms with E-state index in [4.69, 9.17) is 0 Å². The maximum absolute atomic E-state index is 9.39. The summed E-state index contributed by atoms with van der Waals surface area (Å²) >= 11 is 3.41. The second kappa shape index (κ2) is 1.61. The van der Waals surface area contributed by atoms with E-state index in [1.807, 2.05) is 0 Å². The lowest BCUT2D eigenvalue weighted by Crippen LogP contribution is -1.76. The largest absolute Gasteiger partial charge is 0.222 e. The van der Waals surface area contributed by atoms with Crippen LogP contribution < -0.4 is 0 Å². The van der Waals surface area contributed by atoms with Crippen molar-refractivity contribution in [3.63, 3.8) is 0 Å². The molecule has 0 saturated heterocycles. The van der Waals surface area contributed by atoms with Gasteiger partial charge in [-0.05, 0) is 6.92 Å². The molecule has 0 aromatic heterocycles. The van der Waals surface area contributed by atoms with Crippen molar-refractivity contribution in [3.8, 4) is 0 Å². The molecule has 0 aromatic rings. The molecular formula is C2H5OS.